The maximum Gasteiger partial charge on any atom is 0.419 e. The van der Waals surface area contributed by atoms with Gasteiger partial charge in [-0.05, 0) is 38.3 Å². The zero-order valence-electron chi connectivity index (χ0n) is 15.6. The Morgan fingerprint density at radius 3 is 2.85 bits per heavy atom. The highest BCUT2D eigenvalue weighted by molar-refractivity contribution is 7.09. The zero-order chi connectivity index (χ0) is 19.0. The quantitative estimate of drug-likeness (QED) is 0.624. The summed E-state index contributed by atoms with van der Waals surface area (Å²) in [6, 6.07) is 12.0. The Labute approximate surface area is 162 Å². The number of fused-ring (bicyclic) bond motifs is 1. The number of thiophene rings is 1. The molecule has 2 aromatic heterocycles. The topological polar surface area (TPSA) is 52.8 Å². The van der Waals surface area contributed by atoms with Crippen molar-refractivity contribution in [2.45, 2.75) is 45.3 Å². The number of benzene rings is 1. The fourth-order valence-electron chi connectivity index (χ4n) is 3.22. The van der Waals surface area contributed by atoms with Crippen molar-refractivity contribution in [1.29, 1.82) is 0 Å². The van der Waals surface area contributed by atoms with Gasteiger partial charge in [-0.3, -0.25) is 4.57 Å². The van der Waals surface area contributed by atoms with Crippen molar-refractivity contribution in [1.82, 2.24) is 4.57 Å². The van der Waals surface area contributed by atoms with Crippen LogP contribution in [-0.2, 0) is 16.0 Å². The molecule has 1 aliphatic heterocycles. The average Bonchev–Trinajstić information content (AvgIpc) is 3.32. The highest BCUT2D eigenvalue weighted by atomic mass is 32.1. The first kappa shape index (κ1) is 17.8. The number of rotatable bonds is 3. The summed E-state index contributed by atoms with van der Waals surface area (Å²) in [7, 11) is 0. The van der Waals surface area contributed by atoms with E-state index in [2.05, 4.69) is 16.6 Å². The second kappa shape index (κ2) is 6.85. The summed E-state index contributed by atoms with van der Waals surface area (Å²) in [5.74, 6) is 0. The van der Waals surface area contributed by atoms with Crippen LogP contribution in [0.5, 0.6) is 0 Å². The third-order valence-electron chi connectivity index (χ3n) is 4.35. The zero-order valence-corrected chi connectivity index (χ0v) is 16.5. The van der Waals surface area contributed by atoms with E-state index in [1.807, 2.05) is 57.3 Å². The standard InChI is InChI=1S/C21H22N2O3S/c1-21(2,3)25-20(24)23-13-17(16-8-4-5-9-19(16)23)18-12-14(26-22-18)11-15-7-6-10-27-15/h4-10,13-14H,11-12H2,1-3H3. The van der Waals surface area contributed by atoms with Gasteiger partial charge in [-0.2, -0.15) is 0 Å². The first-order chi connectivity index (χ1) is 12.9. The molecule has 6 heteroatoms. The van der Waals surface area contributed by atoms with Gasteiger partial charge >= 0.3 is 6.09 Å². The number of carbonyl (C=O) groups excluding carboxylic acids is 1. The van der Waals surface area contributed by atoms with Crippen LogP contribution in [0, 0.1) is 0 Å². The predicted octanol–water partition coefficient (Wildman–Crippen LogP) is 5.22. The second-order valence-corrected chi connectivity index (χ2v) is 8.70. The van der Waals surface area contributed by atoms with Crippen molar-refractivity contribution in [3.8, 4) is 0 Å². The lowest BCUT2D eigenvalue weighted by Crippen LogP contribution is -2.26. The smallest absolute Gasteiger partial charge is 0.419 e. The molecular formula is C21H22N2O3S. The monoisotopic (exact) mass is 382 g/mol. The van der Waals surface area contributed by atoms with Crippen molar-refractivity contribution in [2.75, 3.05) is 0 Å². The van der Waals surface area contributed by atoms with Crippen LogP contribution in [0.2, 0.25) is 0 Å². The van der Waals surface area contributed by atoms with Crippen LogP contribution in [0.25, 0.3) is 10.9 Å². The Balaban J connectivity index is 1.62. The molecule has 27 heavy (non-hydrogen) atoms. The van der Waals surface area contributed by atoms with Gasteiger partial charge in [-0.1, -0.05) is 29.4 Å². The van der Waals surface area contributed by atoms with Crippen LogP contribution < -0.4 is 0 Å². The first-order valence-electron chi connectivity index (χ1n) is 8.99. The van der Waals surface area contributed by atoms with Crippen LogP contribution in [0.3, 0.4) is 0 Å². The van der Waals surface area contributed by atoms with Gasteiger partial charge < -0.3 is 9.57 Å². The SMILES string of the molecule is CC(C)(C)OC(=O)n1cc(C2=NOC(Cc3cccs3)C2)c2ccccc21. The van der Waals surface area contributed by atoms with Gasteiger partial charge in [-0.15, -0.1) is 11.3 Å². The molecule has 0 aliphatic carbocycles. The molecule has 1 aromatic carbocycles. The van der Waals surface area contributed by atoms with E-state index < -0.39 is 5.60 Å². The molecule has 3 heterocycles. The minimum Gasteiger partial charge on any atom is -0.443 e. The van der Waals surface area contributed by atoms with E-state index in [1.165, 1.54) is 4.88 Å². The van der Waals surface area contributed by atoms with E-state index in [-0.39, 0.29) is 12.2 Å². The minimum atomic E-state index is -0.553. The Morgan fingerprint density at radius 1 is 1.30 bits per heavy atom. The molecule has 0 saturated heterocycles. The number of para-hydroxylation sites is 1. The normalized spacial score (nSPS) is 17.0. The Kier molecular flexibility index (Phi) is 4.52. The summed E-state index contributed by atoms with van der Waals surface area (Å²) in [4.78, 5) is 19.6. The van der Waals surface area contributed by atoms with E-state index in [1.54, 1.807) is 15.9 Å². The lowest BCUT2D eigenvalue weighted by Gasteiger charge is -2.19. The molecule has 5 nitrogen and oxygen atoms in total. The molecule has 140 valence electrons. The highest BCUT2D eigenvalue weighted by Crippen LogP contribution is 2.28. The Morgan fingerprint density at radius 2 is 2.11 bits per heavy atom. The summed E-state index contributed by atoms with van der Waals surface area (Å²) in [5.41, 5.74) is 2.05. The highest BCUT2D eigenvalue weighted by Gasteiger charge is 2.27. The number of hydrogen-bond acceptors (Lipinski definition) is 5. The molecule has 1 atom stereocenters. The number of aromatic nitrogens is 1. The second-order valence-electron chi connectivity index (χ2n) is 7.66. The van der Waals surface area contributed by atoms with Gasteiger partial charge in [0.15, 0.2) is 0 Å². The Bertz CT molecular complexity index is 996. The lowest BCUT2D eigenvalue weighted by atomic mass is 10.0. The van der Waals surface area contributed by atoms with E-state index in [0.29, 0.717) is 0 Å². The average molecular weight is 382 g/mol. The maximum atomic E-state index is 12.6. The molecule has 0 saturated carbocycles. The third-order valence-corrected chi connectivity index (χ3v) is 5.25. The van der Waals surface area contributed by atoms with Crippen molar-refractivity contribution >= 4 is 34.0 Å². The van der Waals surface area contributed by atoms with Gasteiger partial charge in [0.2, 0.25) is 0 Å². The summed E-state index contributed by atoms with van der Waals surface area (Å²) in [5, 5.41) is 7.37. The van der Waals surface area contributed by atoms with Crippen molar-refractivity contribution in [3.63, 3.8) is 0 Å². The van der Waals surface area contributed by atoms with Crippen LogP contribution >= 0.6 is 11.3 Å². The molecule has 3 aromatic rings. The number of hydrogen-bond donors (Lipinski definition) is 0. The van der Waals surface area contributed by atoms with Crippen molar-refractivity contribution < 1.29 is 14.4 Å². The molecule has 4 rings (SSSR count). The maximum absolute atomic E-state index is 12.6. The van der Waals surface area contributed by atoms with Crippen LogP contribution in [0.4, 0.5) is 4.79 Å². The van der Waals surface area contributed by atoms with Crippen molar-refractivity contribution in [2.24, 2.45) is 5.16 Å². The summed E-state index contributed by atoms with van der Waals surface area (Å²) >= 11 is 1.73. The van der Waals surface area contributed by atoms with Gasteiger partial charge in [0.1, 0.15) is 11.7 Å². The van der Waals surface area contributed by atoms with Gasteiger partial charge in [0.05, 0.1) is 11.2 Å². The molecule has 0 amide bonds. The number of oxime groups is 1. The molecule has 0 fully saturated rings. The summed E-state index contributed by atoms with van der Waals surface area (Å²) in [6.07, 6.45) is 3.02. The summed E-state index contributed by atoms with van der Waals surface area (Å²) < 4.78 is 7.11. The van der Waals surface area contributed by atoms with E-state index in [9.17, 15) is 4.79 Å². The third kappa shape index (κ3) is 3.76. The van der Waals surface area contributed by atoms with Gasteiger partial charge in [0, 0.05) is 34.9 Å². The van der Waals surface area contributed by atoms with E-state index >= 15 is 0 Å². The molecule has 0 N–H and O–H groups in total. The van der Waals surface area contributed by atoms with Crippen LogP contribution in [0.1, 0.15) is 37.6 Å². The van der Waals surface area contributed by atoms with E-state index in [0.717, 1.165) is 35.0 Å². The number of carbonyl (C=O) groups is 1. The Hall–Kier alpha value is -2.60. The first-order valence-corrected chi connectivity index (χ1v) is 9.87. The van der Waals surface area contributed by atoms with Gasteiger partial charge in [0.25, 0.3) is 0 Å². The predicted molar refractivity (Wildman–Crippen MR) is 108 cm³/mol. The fourth-order valence-corrected chi connectivity index (χ4v) is 3.99. The lowest BCUT2D eigenvalue weighted by molar-refractivity contribution is 0.0544. The molecular weight excluding hydrogens is 360 g/mol. The number of ether oxygens (including phenoxy) is 1. The minimum absolute atomic E-state index is 0.0299. The van der Waals surface area contributed by atoms with Crippen LogP contribution in [-0.4, -0.2) is 28.1 Å². The fraction of sp³-hybridized carbons (Fsp3) is 0.333. The van der Waals surface area contributed by atoms with Crippen molar-refractivity contribution in [3.05, 3.63) is 58.4 Å². The van der Waals surface area contributed by atoms with E-state index in [4.69, 9.17) is 9.57 Å². The van der Waals surface area contributed by atoms with Crippen LogP contribution in [0.15, 0.2) is 53.1 Å². The molecule has 0 spiro atoms. The molecule has 0 bridgehead atoms. The largest absolute Gasteiger partial charge is 0.443 e. The number of nitrogens with zero attached hydrogens (tertiary/aromatic N) is 2. The van der Waals surface area contributed by atoms with Gasteiger partial charge in [-0.25, -0.2) is 4.79 Å². The molecule has 0 radical (unpaired) electrons. The summed E-state index contributed by atoms with van der Waals surface area (Å²) in [6.45, 7) is 5.59. The molecule has 1 unspecified atom stereocenters. The molecule has 1 aliphatic rings.